The van der Waals surface area contributed by atoms with E-state index >= 15 is 0 Å². The molecule has 1 N–H and O–H groups in total. The zero-order valence-electron chi connectivity index (χ0n) is 14.8. The van der Waals surface area contributed by atoms with Crippen molar-refractivity contribution in [3.05, 3.63) is 63.7 Å². The number of anilines is 1. The third-order valence-electron chi connectivity index (χ3n) is 4.17. The van der Waals surface area contributed by atoms with Crippen LogP contribution in [0.25, 0.3) is 21.9 Å². The third-order valence-corrected chi connectivity index (χ3v) is 5.82. The van der Waals surface area contributed by atoms with Gasteiger partial charge in [0, 0.05) is 11.1 Å². The Morgan fingerprint density at radius 1 is 1.14 bits per heavy atom. The highest BCUT2D eigenvalue weighted by molar-refractivity contribution is 7.93. The SMILES string of the molecule is COc1c2ccoc2c(S(=O)(=O)Nc2cccc(Cl)c2)c2oc(C)cc(=O)c12. The molecule has 4 rings (SSSR count). The van der Waals surface area contributed by atoms with Crippen molar-refractivity contribution in [2.75, 3.05) is 11.8 Å². The minimum Gasteiger partial charge on any atom is -0.495 e. The van der Waals surface area contributed by atoms with Gasteiger partial charge in [-0.3, -0.25) is 9.52 Å². The van der Waals surface area contributed by atoms with Crippen LogP contribution < -0.4 is 14.9 Å². The number of hydrogen-bond acceptors (Lipinski definition) is 6. The van der Waals surface area contributed by atoms with E-state index in [0.29, 0.717) is 10.4 Å². The highest BCUT2D eigenvalue weighted by Gasteiger charge is 2.30. The van der Waals surface area contributed by atoms with E-state index in [1.54, 1.807) is 25.1 Å². The van der Waals surface area contributed by atoms with E-state index in [1.165, 1.54) is 31.6 Å². The van der Waals surface area contributed by atoms with Gasteiger partial charge in [-0.2, -0.15) is 0 Å². The monoisotopic (exact) mass is 419 g/mol. The molecule has 0 fully saturated rings. The maximum absolute atomic E-state index is 13.2. The quantitative estimate of drug-likeness (QED) is 0.529. The zero-order chi connectivity index (χ0) is 20.1. The number of methoxy groups -OCH3 is 1. The molecule has 0 saturated heterocycles. The summed E-state index contributed by atoms with van der Waals surface area (Å²) in [7, 11) is -2.81. The summed E-state index contributed by atoms with van der Waals surface area (Å²) in [6.07, 6.45) is 1.32. The summed E-state index contributed by atoms with van der Waals surface area (Å²) in [6.45, 7) is 1.56. The van der Waals surface area contributed by atoms with Gasteiger partial charge in [-0.25, -0.2) is 8.42 Å². The molecule has 9 heteroatoms. The van der Waals surface area contributed by atoms with Crippen LogP contribution in [0.3, 0.4) is 0 Å². The normalized spacial score (nSPS) is 11.8. The molecular formula is C19H14ClNO6S. The van der Waals surface area contributed by atoms with Crippen molar-refractivity contribution in [2.24, 2.45) is 0 Å². The first-order valence-corrected chi connectivity index (χ1v) is 9.98. The Hall–Kier alpha value is -2.97. The highest BCUT2D eigenvalue weighted by Crippen LogP contribution is 2.40. The van der Waals surface area contributed by atoms with Crippen molar-refractivity contribution in [2.45, 2.75) is 11.8 Å². The van der Waals surface area contributed by atoms with E-state index in [4.69, 9.17) is 25.2 Å². The van der Waals surface area contributed by atoms with Crippen LogP contribution in [0.5, 0.6) is 5.75 Å². The van der Waals surface area contributed by atoms with Gasteiger partial charge in [-0.15, -0.1) is 0 Å². The van der Waals surface area contributed by atoms with Crippen molar-refractivity contribution < 1.29 is 22.0 Å². The number of nitrogens with one attached hydrogen (secondary N) is 1. The number of sulfonamides is 1. The summed E-state index contributed by atoms with van der Waals surface area (Å²) in [6, 6.07) is 9.05. The van der Waals surface area contributed by atoms with Crippen molar-refractivity contribution >= 4 is 49.3 Å². The van der Waals surface area contributed by atoms with E-state index in [-0.39, 0.29) is 38.6 Å². The second kappa shape index (κ2) is 6.57. The molecule has 0 aliphatic heterocycles. The lowest BCUT2D eigenvalue weighted by molar-refractivity contribution is 0.422. The summed E-state index contributed by atoms with van der Waals surface area (Å²) in [5.74, 6) is 0.443. The lowest BCUT2D eigenvalue weighted by Gasteiger charge is -2.13. The molecular weight excluding hydrogens is 406 g/mol. The molecule has 2 aromatic carbocycles. The van der Waals surface area contributed by atoms with Crippen LogP contribution in [0.2, 0.25) is 5.02 Å². The molecule has 0 bridgehead atoms. The number of rotatable bonds is 4. The van der Waals surface area contributed by atoms with Gasteiger partial charge in [0.05, 0.1) is 24.4 Å². The van der Waals surface area contributed by atoms with Gasteiger partial charge < -0.3 is 13.6 Å². The fourth-order valence-corrected chi connectivity index (χ4v) is 4.62. The molecule has 28 heavy (non-hydrogen) atoms. The molecule has 7 nitrogen and oxygen atoms in total. The number of halogens is 1. The predicted octanol–water partition coefficient (Wildman–Crippen LogP) is 4.31. The topological polar surface area (TPSA) is 98.8 Å². The molecule has 0 saturated carbocycles. The lowest BCUT2D eigenvalue weighted by atomic mass is 10.1. The first kappa shape index (κ1) is 18.4. The lowest BCUT2D eigenvalue weighted by Crippen LogP contribution is -2.15. The first-order valence-electron chi connectivity index (χ1n) is 8.12. The van der Waals surface area contributed by atoms with Gasteiger partial charge in [-0.1, -0.05) is 17.7 Å². The minimum absolute atomic E-state index is 0.0210. The Kier molecular flexibility index (Phi) is 4.32. The summed E-state index contributed by atoms with van der Waals surface area (Å²) in [4.78, 5) is 12.3. The summed E-state index contributed by atoms with van der Waals surface area (Å²) < 4.78 is 45.4. The van der Waals surface area contributed by atoms with Crippen LogP contribution in [0.15, 0.2) is 61.2 Å². The van der Waals surface area contributed by atoms with Crippen LogP contribution in [0, 0.1) is 6.92 Å². The average molecular weight is 420 g/mol. The van der Waals surface area contributed by atoms with Gasteiger partial charge >= 0.3 is 0 Å². The molecule has 0 aliphatic rings. The molecule has 0 spiro atoms. The van der Waals surface area contributed by atoms with Crippen LogP contribution in [-0.2, 0) is 10.0 Å². The number of hydrogen-bond donors (Lipinski definition) is 1. The second-order valence-corrected chi connectivity index (χ2v) is 8.12. The van der Waals surface area contributed by atoms with Gasteiger partial charge in [-0.05, 0) is 31.2 Å². The Morgan fingerprint density at radius 2 is 1.93 bits per heavy atom. The molecule has 144 valence electrons. The van der Waals surface area contributed by atoms with Crippen LogP contribution >= 0.6 is 11.6 Å². The summed E-state index contributed by atoms with van der Waals surface area (Å²) >= 11 is 5.94. The van der Waals surface area contributed by atoms with Crippen LogP contribution in [0.4, 0.5) is 5.69 Å². The zero-order valence-corrected chi connectivity index (χ0v) is 16.3. The van der Waals surface area contributed by atoms with Gasteiger partial charge in [0.15, 0.2) is 21.5 Å². The minimum atomic E-state index is -4.20. The predicted molar refractivity (Wildman–Crippen MR) is 106 cm³/mol. The summed E-state index contributed by atoms with van der Waals surface area (Å²) in [5.41, 5.74) is -0.282. The molecule has 0 unspecified atom stereocenters. The van der Waals surface area contributed by atoms with Crippen molar-refractivity contribution in [3.63, 3.8) is 0 Å². The first-order chi connectivity index (χ1) is 13.3. The molecule has 0 radical (unpaired) electrons. The number of ether oxygens (including phenoxy) is 1. The third kappa shape index (κ3) is 2.90. The number of fused-ring (bicyclic) bond motifs is 2. The molecule has 2 aromatic heterocycles. The molecule has 0 atom stereocenters. The Morgan fingerprint density at radius 3 is 2.64 bits per heavy atom. The van der Waals surface area contributed by atoms with E-state index in [9.17, 15) is 13.2 Å². The van der Waals surface area contributed by atoms with Gasteiger partial charge in [0.2, 0.25) is 0 Å². The maximum atomic E-state index is 13.2. The Balaban J connectivity index is 2.10. The summed E-state index contributed by atoms with van der Waals surface area (Å²) in [5, 5.41) is 0.733. The van der Waals surface area contributed by atoms with E-state index in [0.717, 1.165) is 0 Å². The fraction of sp³-hybridized carbons (Fsp3) is 0.105. The fourth-order valence-electron chi connectivity index (χ4n) is 3.10. The molecule has 0 amide bonds. The molecule has 2 heterocycles. The number of furan rings is 1. The van der Waals surface area contributed by atoms with Crippen molar-refractivity contribution in [1.29, 1.82) is 0 Å². The average Bonchev–Trinajstić information content (AvgIpc) is 3.07. The van der Waals surface area contributed by atoms with Crippen LogP contribution in [-0.4, -0.2) is 15.5 Å². The standard InChI is InChI=1S/C19H14ClNO6S/c1-10-8-14(22)15-16(25-2)13-6-7-26-17(13)19(18(15)27-10)28(23,24)21-12-5-3-4-11(20)9-12/h3-9,21H,1-2H3. The Bertz CT molecular complexity index is 1390. The molecule has 4 aromatic rings. The van der Waals surface area contributed by atoms with Gasteiger partial charge in [0.25, 0.3) is 10.0 Å². The molecule has 0 aliphatic carbocycles. The Labute approximate surface area is 164 Å². The largest absolute Gasteiger partial charge is 0.495 e. The van der Waals surface area contributed by atoms with Gasteiger partial charge in [0.1, 0.15) is 16.9 Å². The number of benzene rings is 2. The van der Waals surface area contributed by atoms with E-state index in [1.807, 2.05) is 0 Å². The number of aryl methyl sites for hydroxylation is 1. The van der Waals surface area contributed by atoms with E-state index in [2.05, 4.69) is 4.72 Å². The van der Waals surface area contributed by atoms with Crippen molar-refractivity contribution in [1.82, 2.24) is 0 Å². The maximum Gasteiger partial charge on any atom is 0.269 e. The second-order valence-electron chi connectivity index (χ2n) is 6.07. The van der Waals surface area contributed by atoms with Crippen LogP contribution in [0.1, 0.15) is 5.76 Å². The smallest absolute Gasteiger partial charge is 0.269 e. The van der Waals surface area contributed by atoms with Crippen molar-refractivity contribution in [3.8, 4) is 5.75 Å². The highest BCUT2D eigenvalue weighted by atomic mass is 35.5. The van der Waals surface area contributed by atoms with E-state index < -0.39 is 15.5 Å².